The number of hydrogen-bond donors (Lipinski definition) is 2. The molecule has 2 rings (SSSR count). The summed E-state index contributed by atoms with van der Waals surface area (Å²) >= 11 is 5.85. The summed E-state index contributed by atoms with van der Waals surface area (Å²) in [5.74, 6) is 1.79. The third-order valence-corrected chi connectivity index (χ3v) is 2.81. The fourth-order valence-electron chi connectivity index (χ4n) is 1.66. The first-order valence-corrected chi connectivity index (χ1v) is 5.82. The average Bonchev–Trinajstić information content (AvgIpc) is 2.69. The molecular weight excluding hydrogens is 236 g/mol. The molecule has 3 N–H and O–H groups in total. The van der Waals surface area contributed by atoms with E-state index in [0.717, 1.165) is 17.2 Å². The van der Waals surface area contributed by atoms with E-state index in [2.05, 4.69) is 5.32 Å². The number of nitrogens with two attached hydrogens (primary N) is 1. The van der Waals surface area contributed by atoms with E-state index >= 15 is 0 Å². The molecule has 0 aliphatic carbocycles. The molecule has 0 spiro atoms. The second kappa shape index (κ2) is 4.72. The molecule has 0 saturated heterocycles. The van der Waals surface area contributed by atoms with Crippen molar-refractivity contribution in [3.8, 4) is 0 Å². The molecule has 1 aromatic carbocycles. The molecule has 0 amide bonds. The molecule has 90 valence electrons. The maximum Gasteiger partial charge on any atom is 0.126 e. The molecule has 0 fully saturated rings. The van der Waals surface area contributed by atoms with Crippen LogP contribution in [0.3, 0.4) is 0 Å². The van der Waals surface area contributed by atoms with Crippen LogP contribution in [0.15, 0.2) is 34.7 Å². The van der Waals surface area contributed by atoms with Crippen molar-refractivity contribution in [3.05, 3.63) is 46.9 Å². The zero-order chi connectivity index (χ0) is 12.4. The Balaban J connectivity index is 2.15. The Morgan fingerprint density at radius 1 is 1.29 bits per heavy atom. The van der Waals surface area contributed by atoms with E-state index in [-0.39, 0.29) is 6.04 Å². The number of rotatable bonds is 3. The van der Waals surface area contributed by atoms with E-state index in [4.69, 9.17) is 21.8 Å². The lowest BCUT2D eigenvalue weighted by molar-refractivity contribution is 0.467. The number of benzene rings is 1. The summed E-state index contributed by atoms with van der Waals surface area (Å²) in [6.07, 6.45) is 0. The van der Waals surface area contributed by atoms with Gasteiger partial charge in [-0.2, -0.15) is 0 Å². The van der Waals surface area contributed by atoms with Gasteiger partial charge >= 0.3 is 0 Å². The van der Waals surface area contributed by atoms with Crippen molar-refractivity contribution in [2.45, 2.75) is 19.9 Å². The largest absolute Gasteiger partial charge is 0.464 e. The molecule has 0 aliphatic rings. The van der Waals surface area contributed by atoms with Crippen LogP contribution in [0.1, 0.15) is 24.5 Å². The van der Waals surface area contributed by atoms with Crippen molar-refractivity contribution in [2.24, 2.45) is 0 Å². The van der Waals surface area contributed by atoms with Crippen LogP contribution in [0.4, 0.5) is 11.4 Å². The fourth-order valence-corrected chi connectivity index (χ4v) is 1.84. The zero-order valence-corrected chi connectivity index (χ0v) is 10.6. The SMILES string of the molecule is Cc1ccc(C(C)Nc2ccc(Cl)cc2N)o1. The third kappa shape index (κ3) is 2.74. The van der Waals surface area contributed by atoms with Crippen molar-refractivity contribution in [1.29, 1.82) is 0 Å². The molecule has 3 nitrogen and oxygen atoms in total. The fraction of sp³-hybridized carbons (Fsp3) is 0.231. The summed E-state index contributed by atoms with van der Waals surface area (Å²) in [6, 6.07) is 9.36. The van der Waals surface area contributed by atoms with Gasteiger partial charge in [0.1, 0.15) is 11.5 Å². The standard InChI is InChI=1S/C13H15ClN2O/c1-8-3-6-13(17-8)9(2)16-12-5-4-10(14)7-11(12)15/h3-7,9,16H,15H2,1-2H3. The van der Waals surface area contributed by atoms with Crippen molar-refractivity contribution in [2.75, 3.05) is 11.1 Å². The lowest BCUT2D eigenvalue weighted by Gasteiger charge is -2.14. The maximum absolute atomic E-state index is 5.88. The van der Waals surface area contributed by atoms with Crippen LogP contribution in [0.25, 0.3) is 0 Å². The second-order valence-electron chi connectivity index (χ2n) is 4.05. The molecule has 0 aliphatic heterocycles. The molecule has 0 saturated carbocycles. The van der Waals surface area contributed by atoms with E-state index in [1.54, 1.807) is 12.1 Å². The Morgan fingerprint density at radius 3 is 2.65 bits per heavy atom. The van der Waals surface area contributed by atoms with Gasteiger partial charge in [0.2, 0.25) is 0 Å². The first-order chi connectivity index (χ1) is 8.06. The Bertz CT molecular complexity index is 522. The quantitative estimate of drug-likeness (QED) is 0.810. The summed E-state index contributed by atoms with van der Waals surface area (Å²) in [5, 5.41) is 3.92. The van der Waals surface area contributed by atoms with Gasteiger partial charge in [-0.25, -0.2) is 0 Å². The van der Waals surface area contributed by atoms with Crippen molar-refractivity contribution in [1.82, 2.24) is 0 Å². The van der Waals surface area contributed by atoms with Crippen LogP contribution in [0, 0.1) is 6.92 Å². The first kappa shape index (κ1) is 11.9. The van der Waals surface area contributed by atoms with Gasteiger partial charge < -0.3 is 15.5 Å². The molecular formula is C13H15ClN2O. The average molecular weight is 251 g/mol. The number of nitrogen functional groups attached to an aromatic ring is 1. The predicted molar refractivity (Wildman–Crippen MR) is 71.3 cm³/mol. The number of aryl methyl sites for hydroxylation is 1. The molecule has 2 aromatic rings. The first-order valence-electron chi connectivity index (χ1n) is 5.44. The molecule has 4 heteroatoms. The van der Waals surface area contributed by atoms with E-state index < -0.39 is 0 Å². The number of furan rings is 1. The maximum atomic E-state index is 5.88. The van der Waals surface area contributed by atoms with Crippen LogP contribution in [-0.2, 0) is 0 Å². The highest BCUT2D eigenvalue weighted by molar-refractivity contribution is 6.31. The lowest BCUT2D eigenvalue weighted by atomic mass is 10.2. The van der Waals surface area contributed by atoms with Crippen LogP contribution >= 0.6 is 11.6 Å². The topological polar surface area (TPSA) is 51.2 Å². The van der Waals surface area contributed by atoms with Gasteiger partial charge in [0.25, 0.3) is 0 Å². The molecule has 1 heterocycles. The summed E-state index contributed by atoms with van der Waals surface area (Å²) in [6.45, 7) is 3.94. The number of hydrogen-bond acceptors (Lipinski definition) is 3. The van der Waals surface area contributed by atoms with Gasteiger partial charge in [0, 0.05) is 5.02 Å². The molecule has 1 unspecified atom stereocenters. The number of halogens is 1. The minimum Gasteiger partial charge on any atom is -0.464 e. The minimum atomic E-state index is 0.0622. The molecule has 17 heavy (non-hydrogen) atoms. The Hall–Kier alpha value is -1.61. The van der Waals surface area contributed by atoms with Gasteiger partial charge in [0.15, 0.2) is 0 Å². The van der Waals surface area contributed by atoms with Gasteiger partial charge in [-0.3, -0.25) is 0 Å². The van der Waals surface area contributed by atoms with Gasteiger partial charge in [-0.1, -0.05) is 11.6 Å². The Labute approximate surface area is 106 Å². The van der Waals surface area contributed by atoms with Crippen LogP contribution in [0.5, 0.6) is 0 Å². The molecule has 1 atom stereocenters. The number of nitrogens with one attached hydrogen (secondary N) is 1. The summed E-state index contributed by atoms with van der Waals surface area (Å²) in [5.41, 5.74) is 7.36. The predicted octanol–water partition coefficient (Wildman–Crippen LogP) is 4.00. The molecule has 0 radical (unpaired) electrons. The third-order valence-electron chi connectivity index (χ3n) is 2.57. The van der Waals surface area contributed by atoms with Crippen molar-refractivity contribution in [3.63, 3.8) is 0 Å². The monoisotopic (exact) mass is 250 g/mol. The highest BCUT2D eigenvalue weighted by atomic mass is 35.5. The van der Waals surface area contributed by atoms with E-state index in [9.17, 15) is 0 Å². The normalized spacial score (nSPS) is 12.4. The highest BCUT2D eigenvalue weighted by Gasteiger charge is 2.10. The van der Waals surface area contributed by atoms with E-state index in [1.165, 1.54) is 0 Å². The highest BCUT2D eigenvalue weighted by Crippen LogP contribution is 2.27. The van der Waals surface area contributed by atoms with Gasteiger partial charge in [-0.15, -0.1) is 0 Å². The summed E-state index contributed by atoms with van der Waals surface area (Å²) in [7, 11) is 0. The Kier molecular flexibility index (Phi) is 3.29. The van der Waals surface area contributed by atoms with Gasteiger partial charge in [0.05, 0.1) is 17.4 Å². The smallest absolute Gasteiger partial charge is 0.126 e. The van der Waals surface area contributed by atoms with Crippen molar-refractivity contribution < 1.29 is 4.42 Å². The minimum absolute atomic E-state index is 0.0622. The van der Waals surface area contributed by atoms with Crippen LogP contribution in [0.2, 0.25) is 5.02 Å². The van der Waals surface area contributed by atoms with Crippen LogP contribution < -0.4 is 11.1 Å². The van der Waals surface area contributed by atoms with Crippen LogP contribution in [-0.4, -0.2) is 0 Å². The number of anilines is 2. The van der Waals surface area contributed by atoms with E-state index in [0.29, 0.717) is 10.7 Å². The zero-order valence-electron chi connectivity index (χ0n) is 9.83. The summed E-state index contributed by atoms with van der Waals surface area (Å²) in [4.78, 5) is 0. The van der Waals surface area contributed by atoms with Crippen molar-refractivity contribution >= 4 is 23.0 Å². The van der Waals surface area contributed by atoms with Gasteiger partial charge in [-0.05, 0) is 44.2 Å². The Morgan fingerprint density at radius 2 is 2.06 bits per heavy atom. The molecule has 0 bridgehead atoms. The van der Waals surface area contributed by atoms with E-state index in [1.807, 2.05) is 32.0 Å². The second-order valence-corrected chi connectivity index (χ2v) is 4.48. The summed E-state index contributed by atoms with van der Waals surface area (Å²) < 4.78 is 5.55. The molecule has 1 aromatic heterocycles. The lowest BCUT2D eigenvalue weighted by Crippen LogP contribution is -2.07.